The SMILES string of the molecule is Cn1c(=O)n(CC(=O)Nc2cc(C(N)=O)ccc2N2CCCC2)c2ccccc21. The topological polar surface area (TPSA) is 102 Å². The number of benzene rings is 2. The summed E-state index contributed by atoms with van der Waals surface area (Å²) in [4.78, 5) is 39.2. The van der Waals surface area contributed by atoms with Crippen molar-refractivity contribution in [2.75, 3.05) is 23.3 Å². The summed E-state index contributed by atoms with van der Waals surface area (Å²) in [6.07, 6.45) is 2.16. The minimum Gasteiger partial charge on any atom is -0.370 e. The van der Waals surface area contributed by atoms with E-state index >= 15 is 0 Å². The van der Waals surface area contributed by atoms with E-state index in [2.05, 4.69) is 10.2 Å². The number of primary amides is 1. The molecule has 1 saturated heterocycles. The van der Waals surface area contributed by atoms with Crippen molar-refractivity contribution < 1.29 is 9.59 Å². The van der Waals surface area contributed by atoms with Gasteiger partial charge in [-0.1, -0.05) is 12.1 Å². The van der Waals surface area contributed by atoms with Gasteiger partial charge in [-0.2, -0.15) is 0 Å². The number of hydrogen-bond acceptors (Lipinski definition) is 4. The zero-order valence-corrected chi connectivity index (χ0v) is 16.2. The van der Waals surface area contributed by atoms with E-state index < -0.39 is 5.91 Å². The Morgan fingerprint density at radius 1 is 1.07 bits per heavy atom. The van der Waals surface area contributed by atoms with Gasteiger partial charge in [-0.3, -0.25) is 18.7 Å². The lowest BCUT2D eigenvalue weighted by Crippen LogP contribution is -2.29. The van der Waals surface area contributed by atoms with Crippen molar-refractivity contribution >= 4 is 34.2 Å². The van der Waals surface area contributed by atoms with Gasteiger partial charge in [0, 0.05) is 25.7 Å². The van der Waals surface area contributed by atoms with Crippen molar-refractivity contribution in [3.63, 3.8) is 0 Å². The average Bonchev–Trinajstić information content (AvgIpc) is 3.32. The van der Waals surface area contributed by atoms with Crippen molar-refractivity contribution in [2.24, 2.45) is 12.8 Å². The lowest BCUT2D eigenvalue weighted by atomic mass is 10.1. The van der Waals surface area contributed by atoms with E-state index in [1.54, 1.807) is 19.2 Å². The number of hydrogen-bond donors (Lipinski definition) is 2. The highest BCUT2D eigenvalue weighted by Gasteiger charge is 2.19. The zero-order valence-electron chi connectivity index (χ0n) is 16.2. The first-order valence-corrected chi connectivity index (χ1v) is 9.58. The quantitative estimate of drug-likeness (QED) is 0.688. The third kappa shape index (κ3) is 3.49. The van der Waals surface area contributed by atoms with Crippen LogP contribution in [0.25, 0.3) is 11.0 Å². The van der Waals surface area contributed by atoms with Crippen LogP contribution in [0.15, 0.2) is 47.3 Å². The molecule has 1 aromatic heterocycles. The average molecular weight is 393 g/mol. The molecule has 0 unspecified atom stereocenters. The van der Waals surface area contributed by atoms with Crippen molar-refractivity contribution in [1.82, 2.24) is 9.13 Å². The molecule has 4 rings (SSSR count). The fourth-order valence-electron chi connectivity index (χ4n) is 3.87. The monoisotopic (exact) mass is 393 g/mol. The first-order valence-electron chi connectivity index (χ1n) is 9.58. The summed E-state index contributed by atoms with van der Waals surface area (Å²) in [5, 5.41) is 2.87. The summed E-state index contributed by atoms with van der Waals surface area (Å²) < 4.78 is 2.96. The standard InChI is InChI=1S/C21H23N5O3/c1-24-17-6-2-3-7-18(17)26(21(24)29)13-19(27)23-15-12-14(20(22)28)8-9-16(15)25-10-4-5-11-25/h2-3,6-9,12H,4-5,10-11,13H2,1H3,(H2,22,28)(H,23,27). The molecule has 0 spiro atoms. The van der Waals surface area contributed by atoms with Gasteiger partial charge in [-0.25, -0.2) is 4.79 Å². The molecule has 150 valence electrons. The summed E-state index contributed by atoms with van der Waals surface area (Å²) in [6.45, 7) is 1.66. The number of para-hydroxylation sites is 2. The van der Waals surface area contributed by atoms with Gasteiger partial charge in [-0.05, 0) is 43.2 Å². The molecule has 3 N–H and O–H groups in total. The van der Waals surface area contributed by atoms with Crippen LogP contribution in [0.3, 0.4) is 0 Å². The molecule has 0 radical (unpaired) electrons. The first-order chi connectivity index (χ1) is 14.0. The molecule has 1 aliphatic heterocycles. The van der Waals surface area contributed by atoms with Gasteiger partial charge >= 0.3 is 5.69 Å². The lowest BCUT2D eigenvalue weighted by Gasteiger charge is -2.22. The van der Waals surface area contributed by atoms with E-state index in [1.807, 2.05) is 30.3 Å². The summed E-state index contributed by atoms with van der Waals surface area (Å²) >= 11 is 0. The molecule has 0 bridgehead atoms. The minimum atomic E-state index is -0.557. The largest absolute Gasteiger partial charge is 0.370 e. The maximum absolute atomic E-state index is 12.8. The summed E-state index contributed by atoms with van der Waals surface area (Å²) in [7, 11) is 1.68. The number of imidazole rings is 1. The number of nitrogens with two attached hydrogens (primary N) is 1. The molecule has 2 heterocycles. The van der Waals surface area contributed by atoms with Gasteiger partial charge in [0.25, 0.3) is 0 Å². The second kappa shape index (κ2) is 7.46. The van der Waals surface area contributed by atoms with E-state index in [9.17, 15) is 14.4 Å². The van der Waals surface area contributed by atoms with E-state index in [0.717, 1.165) is 37.1 Å². The van der Waals surface area contributed by atoms with Crippen LogP contribution in [0.4, 0.5) is 11.4 Å². The van der Waals surface area contributed by atoms with Gasteiger partial charge in [0.2, 0.25) is 11.8 Å². The minimum absolute atomic E-state index is 0.125. The zero-order chi connectivity index (χ0) is 20.5. The Bertz CT molecular complexity index is 1150. The van der Waals surface area contributed by atoms with E-state index in [4.69, 9.17) is 5.73 Å². The molecule has 1 aliphatic rings. The Balaban J connectivity index is 1.65. The van der Waals surface area contributed by atoms with Gasteiger partial charge in [0.1, 0.15) is 6.54 Å². The van der Waals surface area contributed by atoms with Gasteiger partial charge < -0.3 is 16.0 Å². The number of nitrogens with one attached hydrogen (secondary N) is 1. The first kappa shape index (κ1) is 18.8. The summed E-state index contributed by atoms with van der Waals surface area (Å²) in [5.74, 6) is -0.899. The maximum Gasteiger partial charge on any atom is 0.329 e. The molecule has 0 saturated carbocycles. The molecule has 0 aliphatic carbocycles. The Labute approximate surface area is 167 Å². The fourth-order valence-corrected chi connectivity index (χ4v) is 3.87. The van der Waals surface area contributed by atoms with Crippen LogP contribution in [0.2, 0.25) is 0 Å². The Morgan fingerprint density at radius 2 is 1.76 bits per heavy atom. The number of rotatable bonds is 5. The highest BCUT2D eigenvalue weighted by Crippen LogP contribution is 2.30. The number of anilines is 2. The number of carbonyl (C=O) groups is 2. The van der Waals surface area contributed by atoms with Crippen LogP contribution >= 0.6 is 0 Å². The summed E-state index contributed by atoms with van der Waals surface area (Å²) in [6, 6.07) is 12.4. The van der Waals surface area contributed by atoms with Crippen LogP contribution < -0.4 is 21.6 Å². The highest BCUT2D eigenvalue weighted by atomic mass is 16.2. The highest BCUT2D eigenvalue weighted by molar-refractivity contribution is 5.99. The molecule has 29 heavy (non-hydrogen) atoms. The van der Waals surface area contributed by atoms with E-state index in [-0.39, 0.29) is 18.1 Å². The van der Waals surface area contributed by atoms with Crippen LogP contribution in [-0.2, 0) is 18.4 Å². The van der Waals surface area contributed by atoms with Gasteiger partial charge in [-0.15, -0.1) is 0 Å². The Kier molecular flexibility index (Phi) is 4.84. The van der Waals surface area contributed by atoms with Crippen LogP contribution in [-0.4, -0.2) is 34.0 Å². The third-order valence-corrected chi connectivity index (χ3v) is 5.36. The van der Waals surface area contributed by atoms with Crippen LogP contribution in [0.5, 0.6) is 0 Å². The second-order valence-corrected chi connectivity index (χ2v) is 7.25. The van der Waals surface area contributed by atoms with Crippen LogP contribution in [0, 0.1) is 0 Å². The lowest BCUT2D eigenvalue weighted by molar-refractivity contribution is -0.116. The number of aryl methyl sites for hydroxylation is 1. The second-order valence-electron chi connectivity index (χ2n) is 7.25. The van der Waals surface area contributed by atoms with Crippen molar-refractivity contribution in [3.05, 3.63) is 58.5 Å². The molecule has 8 nitrogen and oxygen atoms in total. The summed E-state index contributed by atoms with van der Waals surface area (Å²) in [5.41, 5.74) is 8.32. The van der Waals surface area contributed by atoms with Gasteiger partial charge in [0.15, 0.2) is 0 Å². The normalized spacial score (nSPS) is 13.8. The van der Waals surface area contributed by atoms with Crippen LogP contribution in [0.1, 0.15) is 23.2 Å². The van der Waals surface area contributed by atoms with Gasteiger partial charge in [0.05, 0.1) is 22.4 Å². The van der Waals surface area contributed by atoms with E-state index in [1.165, 1.54) is 9.13 Å². The number of aromatic nitrogens is 2. The fraction of sp³-hybridized carbons (Fsp3) is 0.286. The molecular weight excluding hydrogens is 370 g/mol. The van der Waals surface area contributed by atoms with E-state index in [0.29, 0.717) is 16.8 Å². The Morgan fingerprint density at radius 3 is 2.45 bits per heavy atom. The number of nitrogens with zero attached hydrogens (tertiary/aromatic N) is 3. The molecule has 3 aromatic rings. The molecule has 8 heteroatoms. The van der Waals surface area contributed by atoms with Crippen molar-refractivity contribution in [1.29, 1.82) is 0 Å². The maximum atomic E-state index is 12.8. The molecule has 1 fully saturated rings. The molecule has 0 atom stereocenters. The molecule has 2 aromatic carbocycles. The number of carbonyl (C=O) groups excluding carboxylic acids is 2. The molecular formula is C21H23N5O3. The van der Waals surface area contributed by atoms with Crippen molar-refractivity contribution in [2.45, 2.75) is 19.4 Å². The third-order valence-electron chi connectivity index (χ3n) is 5.36. The number of fused-ring (bicyclic) bond motifs is 1. The predicted octanol–water partition coefficient (Wildman–Crippen LogP) is 1.68. The molecule has 2 amide bonds. The Hall–Kier alpha value is -3.55. The van der Waals surface area contributed by atoms with Crippen molar-refractivity contribution in [3.8, 4) is 0 Å². The number of amides is 2. The predicted molar refractivity (Wildman–Crippen MR) is 112 cm³/mol. The smallest absolute Gasteiger partial charge is 0.329 e.